The fourth-order valence-electron chi connectivity index (χ4n) is 3.52. The fraction of sp³-hybridized carbons (Fsp3) is 0.647. The molecule has 0 aromatic heterocycles. The molecule has 0 spiro atoms. The van der Waals surface area contributed by atoms with E-state index in [1.807, 2.05) is 0 Å². The number of nitrogens with zero attached hydrogens (tertiary/aromatic N) is 2. The van der Waals surface area contributed by atoms with E-state index in [0.29, 0.717) is 17.5 Å². The van der Waals surface area contributed by atoms with Crippen LogP contribution in [-0.4, -0.2) is 55.4 Å². The highest BCUT2D eigenvalue weighted by atomic mass is 16.6. The zero-order valence-corrected chi connectivity index (χ0v) is 14.0. The Morgan fingerprint density at radius 1 is 1.17 bits per heavy atom. The number of nitro benzene ring substituents is 1. The van der Waals surface area contributed by atoms with Gasteiger partial charge in [0, 0.05) is 25.2 Å². The smallest absolute Gasteiger partial charge is 0.273 e. The van der Waals surface area contributed by atoms with E-state index >= 15 is 0 Å². The molecule has 2 aliphatic rings. The quantitative estimate of drug-likeness (QED) is 0.608. The first-order valence-electron chi connectivity index (χ1n) is 8.48. The highest BCUT2D eigenvalue weighted by molar-refractivity contribution is 5.48. The first-order chi connectivity index (χ1) is 11.7. The molecule has 7 heteroatoms. The Morgan fingerprint density at radius 2 is 1.88 bits per heavy atom. The van der Waals surface area contributed by atoms with Crippen molar-refractivity contribution < 1.29 is 19.1 Å². The van der Waals surface area contributed by atoms with E-state index in [1.54, 1.807) is 6.07 Å². The Kier molecular flexibility index (Phi) is 5.52. The largest absolute Gasteiger partial charge is 0.493 e. The number of rotatable bonds is 5. The molecule has 0 N–H and O–H groups in total. The lowest BCUT2D eigenvalue weighted by molar-refractivity contribution is -0.385. The zero-order valence-electron chi connectivity index (χ0n) is 14.0. The van der Waals surface area contributed by atoms with E-state index in [0.717, 1.165) is 52.0 Å². The summed E-state index contributed by atoms with van der Waals surface area (Å²) in [7, 11) is 1.50. The molecule has 0 unspecified atom stereocenters. The van der Waals surface area contributed by atoms with Crippen LogP contribution in [0.5, 0.6) is 11.5 Å². The Morgan fingerprint density at radius 3 is 2.50 bits per heavy atom. The van der Waals surface area contributed by atoms with E-state index < -0.39 is 4.92 Å². The molecule has 24 heavy (non-hydrogen) atoms. The van der Waals surface area contributed by atoms with Crippen molar-refractivity contribution in [2.24, 2.45) is 0 Å². The van der Waals surface area contributed by atoms with Crippen molar-refractivity contribution in [1.82, 2.24) is 4.90 Å². The number of methoxy groups -OCH3 is 1. The van der Waals surface area contributed by atoms with Crippen LogP contribution in [0.1, 0.15) is 25.7 Å². The minimum atomic E-state index is -0.431. The standard InChI is InChI=1S/C17H24N2O5/c1-22-17-12-14(19(20)21)4-7-16(17)24-15-5-2-13(3-6-15)18-8-10-23-11-9-18/h4,7,12-13,15H,2-3,5-6,8-11H2,1H3. The second-order valence-electron chi connectivity index (χ2n) is 6.29. The molecule has 1 saturated carbocycles. The molecule has 0 bridgehead atoms. The minimum Gasteiger partial charge on any atom is -0.493 e. The summed E-state index contributed by atoms with van der Waals surface area (Å²) in [6, 6.07) is 5.12. The summed E-state index contributed by atoms with van der Waals surface area (Å²) in [4.78, 5) is 12.9. The summed E-state index contributed by atoms with van der Waals surface area (Å²) in [5.74, 6) is 0.998. The van der Waals surface area contributed by atoms with Crippen LogP contribution in [0.15, 0.2) is 18.2 Å². The number of ether oxygens (including phenoxy) is 3. The average molecular weight is 336 g/mol. The maximum Gasteiger partial charge on any atom is 0.273 e. The Labute approximate surface area is 141 Å². The molecule has 1 aromatic carbocycles. The summed E-state index contributed by atoms with van der Waals surface area (Å²) in [5.41, 5.74) is 0.00947. The molecule has 1 aliphatic carbocycles. The molecule has 1 heterocycles. The maximum atomic E-state index is 10.9. The summed E-state index contributed by atoms with van der Waals surface area (Å²) in [5, 5.41) is 10.9. The maximum absolute atomic E-state index is 10.9. The average Bonchev–Trinajstić information content (AvgIpc) is 2.63. The second-order valence-corrected chi connectivity index (χ2v) is 6.29. The van der Waals surface area contributed by atoms with Gasteiger partial charge in [0.1, 0.15) is 0 Å². The Bertz CT molecular complexity index is 566. The first kappa shape index (κ1) is 17.0. The molecule has 7 nitrogen and oxygen atoms in total. The van der Waals surface area contributed by atoms with Gasteiger partial charge in [0.15, 0.2) is 11.5 Å². The van der Waals surface area contributed by atoms with Gasteiger partial charge in [-0.25, -0.2) is 0 Å². The van der Waals surface area contributed by atoms with Gasteiger partial charge in [0.25, 0.3) is 5.69 Å². The summed E-state index contributed by atoms with van der Waals surface area (Å²) >= 11 is 0. The number of hydrogen-bond donors (Lipinski definition) is 0. The summed E-state index contributed by atoms with van der Waals surface area (Å²) in [6.45, 7) is 3.70. The van der Waals surface area contributed by atoms with Crippen molar-refractivity contribution in [3.8, 4) is 11.5 Å². The molecule has 132 valence electrons. The van der Waals surface area contributed by atoms with Crippen LogP contribution in [0.4, 0.5) is 5.69 Å². The van der Waals surface area contributed by atoms with Crippen LogP contribution in [0.2, 0.25) is 0 Å². The van der Waals surface area contributed by atoms with Crippen molar-refractivity contribution in [1.29, 1.82) is 0 Å². The van der Waals surface area contributed by atoms with Crippen LogP contribution in [0.3, 0.4) is 0 Å². The monoisotopic (exact) mass is 336 g/mol. The van der Waals surface area contributed by atoms with Gasteiger partial charge in [-0.3, -0.25) is 15.0 Å². The van der Waals surface area contributed by atoms with Gasteiger partial charge in [-0.05, 0) is 31.7 Å². The van der Waals surface area contributed by atoms with Gasteiger partial charge in [-0.1, -0.05) is 0 Å². The SMILES string of the molecule is COc1cc([N+](=O)[O-])ccc1OC1CCC(N2CCOCC2)CC1. The normalized spacial score (nSPS) is 25.2. The molecular weight excluding hydrogens is 312 g/mol. The van der Waals surface area contributed by atoms with Gasteiger partial charge >= 0.3 is 0 Å². The third kappa shape index (κ3) is 3.96. The lowest BCUT2D eigenvalue weighted by atomic mass is 9.91. The molecule has 1 saturated heterocycles. The predicted octanol–water partition coefficient (Wildman–Crippen LogP) is 2.63. The molecule has 0 amide bonds. The second kappa shape index (κ2) is 7.81. The number of nitro groups is 1. The topological polar surface area (TPSA) is 74.1 Å². The molecule has 1 aromatic rings. The van der Waals surface area contributed by atoms with Crippen LogP contribution in [0, 0.1) is 10.1 Å². The number of non-ortho nitro benzene ring substituents is 1. The Hall–Kier alpha value is -1.86. The fourth-order valence-corrected chi connectivity index (χ4v) is 3.52. The van der Waals surface area contributed by atoms with Gasteiger partial charge in [0.2, 0.25) is 0 Å². The van der Waals surface area contributed by atoms with Crippen molar-refractivity contribution >= 4 is 5.69 Å². The molecule has 1 aliphatic heterocycles. The van der Waals surface area contributed by atoms with E-state index in [4.69, 9.17) is 14.2 Å². The van der Waals surface area contributed by atoms with Crippen molar-refractivity contribution in [3.05, 3.63) is 28.3 Å². The Balaban J connectivity index is 1.56. The third-order valence-electron chi connectivity index (χ3n) is 4.86. The lowest BCUT2D eigenvalue weighted by Gasteiger charge is -2.38. The third-order valence-corrected chi connectivity index (χ3v) is 4.86. The first-order valence-corrected chi connectivity index (χ1v) is 8.48. The van der Waals surface area contributed by atoms with E-state index in [2.05, 4.69) is 4.90 Å². The summed E-state index contributed by atoms with van der Waals surface area (Å²) in [6.07, 6.45) is 4.34. The van der Waals surface area contributed by atoms with Crippen molar-refractivity contribution in [3.63, 3.8) is 0 Å². The van der Waals surface area contributed by atoms with Crippen LogP contribution in [0.25, 0.3) is 0 Å². The van der Waals surface area contributed by atoms with E-state index in [1.165, 1.54) is 19.2 Å². The predicted molar refractivity (Wildman–Crippen MR) is 88.7 cm³/mol. The summed E-state index contributed by atoms with van der Waals surface area (Å²) < 4.78 is 16.7. The van der Waals surface area contributed by atoms with Crippen LogP contribution >= 0.6 is 0 Å². The molecule has 3 rings (SSSR count). The number of hydrogen-bond acceptors (Lipinski definition) is 6. The van der Waals surface area contributed by atoms with Gasteiger partial charge < -0.3 is 14.2 Å². The van der Waals surface area contributed by atoms with E-state index in [-0.39, 0.29) is 11.8 Å². The van der Waals surface area contributed by atoms with Crippen LogP contribution in [-0.2, 0) is 4.74 Å². The highest BCUT2D eigenvalue weighted by Gasteiger charge is 2.28. The molecule has 0 radical (unpaired) electrons. The van der Waals surface area contributed by atoms with Crippen molar-refractivity contribution in [2.75, 3.05) is 33.4 Å². The number of morpholine rings is 1. The van der Waals surface area contributed by atoms with Crippen molar-refractivity contribution in [2.45, 2.75) is 37.8 Å². The molecule has 0 atom stereocenters. The van der Waals surface area contributed by atoms with E-state index in [9.17, 15) is 10.1 Å². The van der Waals surface area contributed by atoms with Gasteiger partial charge in [-0.15, -0.1) is 0 Å². The van der Waals surface area contributed by atoms with Crippen LogP contribution < -0.4 is 9.47 Å². The van der Waals surface area contributed by atoms with Gasteiger partial charge in [0.05, 0.1) is 37.4 Å². The van der Waals surface area contributed by atoms with Gasteiger partial charge in [-0.2, -0.15) is 0 Å². The lowest BCUT2D eigenvalue weighted by Crippen LogP contribution is -2.46. The minimum absolute atomic E-state index is 0.00947. The number of benzene rings is 1. The molecule has 2 fully saturated rings. The molecular formula is C17H24N2O5. The zero-order chi connectivity index (χ0) is 16.9. The highest BCUT2D eigenvalue weighted by Crippen LogP contribution is 2.34.